The SMILES string of the molecule is CC1C(c2ccccc2)=C(c2ccccc2)N(c2ccccc2)C1C. The number of anilines is 1. The lowest BCUT2D eigenvalue weighted by Crippen LogP contribution is -2.29. The second-order valence-electron chi connectivity index (χ2n) is 6.73. The molecule has 0 N–H and O–H groups in total. The van der Waals surface area contributed by atoms with Crippen LogP contribution in [0.15, 0.2) is 91.0 Å². The minimum atomic E-state index is 0.410. The molecule has 1 aliphatic heterocycles. The number of hydrogen-bond donors (Lipinski definition) is 0. The highest BCUT2D eigenvalue weighted by molar-refractivity contribution is 6.01. The number of hydrogen-bond acceptors (Lipinski definition) is 1. The zero-order valence-corrected chi connectivity index (χ0v) is 14.8. The molecule has 1 heterocycles. The molecular weight excluding hydrogens is 302 g/mol. The Morgan fingerprint density at radius 3 is 1.64 bits per heavy atom. The quantitative estimate of drug-likeness (QED) is 0.562. The summed E-state index contributed by atoms with van der Waals surface area (Å²) in [5.41, 5.74) is 6.62. The minimum Gasteiger partial charge on any atom is -0.337 e. The van der Waals surface area contributed by atoms with Crippen LogP contribution >= 0.6 is 0 Å². The number of nitrogens with zero attached hydrogens (tertiary/aromatic N) is 1. The van der Waals surface area contributed by atoms with E-state index in [1.54, 1.807) is 0 Å². The first kappa shape index (κ1) is 15.7. The van der Waals surface area contributed by atoms with E-state index in [2.05, 4.69) is 110 Å². The Hall–Kier alpha value is -2.80. The molecule has 0 fully saturated rings. The van der Waals surface area contributed by atoms with Crippen molar-refractivity contribution in [1.82, 2.24) is 0 Å². The van der Waals surface area contributed by atoms with E-state index in [1.807, 2.05) is 0 Å². The molecule has 2 atom stereocenters. The van der Waals surface area contributed by atoms with Gasteiger partial charge in [-0.1, -0.05) is 85.8 Å². The molecule has 1 heteroatoms. The number of rotatable bonds is 3. The first-order valence-corrected chi connectivity index (χ1v) is 8.96. The van der Waals surface area contributed by atoms with Gasteiger partial charge >= 0.3 is 0 Å². The minimum absolute atomic E-state index is 0.410. The maximum Gasteiger partial charge on any atom is 0.0529 e. The third-order valence-electron chi connectivity index (χ3n) is 5.25. The monoisotopic (exact) mass is 325 g/mol. The van der Waals surface area contributed by atoms with Crippen molar-refractivity contribution >= 4 is 17.0 Å². The van der Waals surface area contributed by atoms with E-state index in [0.717, 1.165) is 0 Å². The first-order valence-electron chi connectivity index (χ1n) is 8.96. The maximum atomic E-state index is 2.50. The van der Waals surface area contributed by atoms with Crippen LogP contribution in [0.3, 0.4) is 0 Å². The second-order valence-corrected chi connectivity index (χ2v) is 6.73. The summed E-state index contributed by atoms with van der Waals surface area (Å²) in [6.07, 6.45) is 0. The highest BCUT2D eigenvalue weighted by Crippen LogP contribution is 2.46. The van der Waals surface area contributed by atoms with Gasteiger partial charge in [0.05, 0.1) is 5.70 Å². The molecule has 0 saturated heterocycles. The summed E-state index contributed by atoms with van der Waals surface area (Å²) in [6, 6.07) is 32.7. The van der Waals surface area contributed by atoms with Crippen LogP contribution < -0.4 is 4.90 Å². The molecule has 0 radical (unpaired) electrons. The van der Waals surface area contributed by atoms with Crippen LogP contribution in [0.5, 0.6) is 0 Å². The van der Waals surface area contributed by atoms with Crippen molar-refractivity contribution in [3.63, 3.8) is 0 Å². The molecule has 3 aromatic rings. The zero-order chi connectivity index (χ0) is 17.2. The molecule has 0 aliphatic carbocycles. The van der Waals surface area contributed by atoms with Crippen LogP contribution in [-0.4, -0.2) is 6.04 Å². The molecule has 0 amide bonds. The van der Waals surface area contributed by atoms with Gasteiger partial charge in [-0.3, -0.25) is 0 Å². The normalized spacial score (nSPS) is 20.2. The average molecular weight is 325 g/mol. The van der Waals surface area contributed by atoms with Crippen LogP contribution in [-0.2, 0) is 0 Å². The van der Waals surface area contributed by atoms with Gasteiger partial charge in [0.25, 0.3) is 0 Å². The molecule has 0 spiro atoms. The van der Waals surface area contributed by atoms with Crippen molar-refractivity contribution in [3.05, 3.63) is 102 Å². The Kier molecular flexibility index (Phi) is 4.15. The van der Waals surface area contributed by atoms with E-state index in [4.69, 9.17) is 0 Å². The summed E-state index contributed by atoms with van der Waals surface area (Å²) >= 11 is 0. The smallest absolute Gasteiger partial charge is 0.0529 e. The van der Waals surface area contributed by atoms with E-state index >= 15 is 0 Å². The van der Waals surface area contributed by atoms with E-state index in [0.29, 0.717) is 12.0 Å². The molecule has 3 aromatic carbocycles. The number of benzene rings is 3. The van der Waals surface area contributed by atoms with Gasteiger partial charge in [0, 0.05) is 17.6 Å². The van der Waals surface area contributed by atoms with Crippen molar-refractivity contribution in [2.45, 2.75) is 19.9 Å². The molecule has 4 rings (SSSR count). The Labute approximate surface area is 150 Å². The Balaban J connectivity index is 1.97. The number of para-hydroxylation sites is 1. The molecular formula is C24H23N. The van der Waals surface area contributed by atoms with Gasteiger partial charge in [0.2, 0.25) is 0 Å². The molecule has 0 aromatic heterocycles. The summed E-state index contributed by atoms with van der Waals surface area (Å²) in [7, 11) is 0. The third kappa shape index (κ3) is 2.76. The highest BCUT2D eigenvalue weighted by Gasteiger charge is 2.37. The highest BCUT2D eigenvalue weighted by atomic mass is 15.2. The van der Waals surface area contributed by atoms with Crippen molar-refractivity contribution in [3.8, 4) is 0 Å². The lowest BCUT2D eigenvalue weighted by molar-refractivity contribution is 0.613. The Morgan fingerprint density at radius 2 is 1.08 bits per heavy atom. The van der Waals surface area contributed by atoms with Gasteiger partial charge in [0.15, 0.2) is 0 Å². The maximum absolute atomic E-state index is 2.50. The van der Waals surface area contributed by atoms with Gasteiger partial charge in [0.1, 0.15) is 0 Å². The molecule has 1 nitrogen and oxygen atoms in total. The topological polar surface area (TPSA) is 3.24 Å². The lowest BCUT2D eigenvalue weighted by Gasteiger charge is -2.29. The van der Waals surface area contributed by atoms with E-state index in [1.165, 1.54) is 28.1 Å². The second kappa shape index (κ2) is 6.60. The Morgan fingerprint density at radius 1 is 0.600 bits per heavy atom. The summed E-state index contributed by atoms with van der Waals surface area (Å²) < 4.78 is 0. The third-order valence-corrected chi connectivity index (χ3v) is 5.25. The zero-order valence-electron chi connectivity index (χ0n) is 14.8. The summed E-state index contributed by atoms with van der Waals surface area (Å²) in [4.78, 5) is 2.50. The fraction of sp³-hybridized carbons (Fsp3) is 0.167. The van der Waals surface area contributed by atoms with Gasteiger partial charge < -0.3 is 4.90 Å². The molecule has 0 saturated carbocycles. The van der Waals surface area contributed by atoms with Gasteiger partial charge in [-0.25, -0.2) is 0 Å². The first-order chi connectivity index (χ1) is 12.3. The fourth-order valence-electron chi connectivity index (χ4n) is 3.87. The summed E-state index contributed by atoms with van der Waals surface area (Å²) in [6.45, 7) is 4.68. The molecule has 1 aliphatic rings. The fourth-order valence-corrected chi connectivity index (χ4v) is 3.87. The van der Waals surface area contributed by atoms with Gasteiger partial charge in [-0.2, -0.15) is 0 Å². The largest absolute Gasteiger partial charge is 0.337 e. The van der Waals surface area contributed by atoms with Crippen LogP contribution in [0.2, 0.25) is 0 Å². The standard InChI is InChI=1S/C24H23N/c1-18-19(2)25(22-16-10-5-11-17-22)24(21-14-8-4-9-15-21)23(18)20-12-6-3-7-13-20/h3-19H,1-2H3. The van der Waals surface area contributed by atoms with Crippen LogP contribution in [0.4, 0.5) is 5.69 Å². The van der Waals surface area contributed by atoms with E-state index in [-0.39, 0.29) is 0 Å². The lowest BCUT2D eigenvalue weighted by atomic mass is 9.90. The molecule has 0 bridgehead atoms. The molecule has 2 unspecified atom stereocenters. The van der Waals surface area contributed by atoms with E-state index < -0.39 is 0 Å². The van der Waals surface area contributed by atoms with Gasteiger partial charge in [-0.15, -0.1) is 0 Å². The van der Waals surface area contributed by atoms with Crippen LogP contribution in [0.25, 0.3) is 11.3 Å². The molecule has 124 valence electrons. The Bertz CT molecular complexity index is 866. The average Bonchev–Trinajstić information content (AvgIpc) is 2.95. The predicted molar refractivity (Wildman–Crippen MR) is 107 cm³/mol. The predicted octanol–water partition coefficient (Wildman–Crippen LogP) is 6.10. The van der Waals surface area contributed by atoms with Crippen molar-refractivity contribution in [2.75, 3.05) is 4.90 Å². The van der Waals surface area contributed by atoms with Gasteiger partial charge in [-0.05, 0) is 35.8 Å². The summed E-state index contributed by atoms with van der Waals surface area (Å²) in [5, 5.41) is 0. The van der Waals surface area contributed by atoms with Crippen LogP contribution in [0.1, 0.15) is 25.0 Å². The van der Waals surface area contributed by atoms with Crippen molar-refractivity contribution in [1.29, 1.82) is 0 Å². The molecule has 25 heavy (non-hydrogen) atoms. The van der Waals surface area contributed by atoms with Crippen LogP contribution in [0, 0.1) is 5.92 Å². The van der Waals surface area contributed by atoms with Crippen molar-refractivity contribution in [2.24, 2.45) is 5.92 Å². The van der Waals surface area contributed by atoms with E-state index in [9.17, 15) is 0 Å². The van der Waals surface area contributed by atoms with Crippen molar-refractivity contribution < 1.29 is 0 Å². The summed E-state index contributed by atoms with van der Waals surface area (Å²) in [5.74, 6) is 0.456.